The van der Waals surface area contributed by atoms with E-state index in [1.807, 2.05) is 49.4 Å². The molecule has 0 saturated carbocycles. The summed E-state index contributed by atoms with van der Waals surface area (Å²) in [5.41, 5.74) is 3.82. The summed E-state index contributed by atoms with van der Waals surface area (Å²) >= 11 is 0. The number of esters is 1. The number of benzene rings is 1. The minimum Gasteiger partial charge on any atom is -0.459 e. The Bertz CT molecular complexity index is 1050. The Balaban J connectivity index is 1.70. The molecule has 0 spiro atoms. The van der Waals surface area contributed by atoms with E-state index in [0.717, 1.165) is 60.7 Å². The van der Waals surface area contributed by atoms with Crippen molar-refractivity contribution in [3.8, 4) is 11.8 Å². The van der Waals surface area contributed by atoms with E-state index >= 15 is 0 Å². The van der Waals surface area contributed by atoms with E-state index in [4.69, 9.17) is 0 Å². The van der Waals surface area contributed by atoms with Gasteiger partial charge in [-0.3, -0.25) is 4.79 Å². The van der Waals surface area contributed by atoms with Crippen molar-refractivity contribution in [2.45, 2.75) is 58.9 Å². The molecule has 1 heterocycles. The first-order valence-corrected chi connectivity index (χ1v) is 13.1. The number of allylic oxidation sites excluding steroid dienone is 5. The first-order valence-electron chi connectivity index (χ1n) is 13.1. The van der Waals surface area contributed by atoms with Gasteiger partial charge in [-0.2, -0.15) is 0 Å². The normalized spacial score (nSPS) is 16.5. The second kappa shape index (κ2) is 13.8. The van der Waals surface area contributed by atoms with Crippen LogP contribution in [0, 0.1) is 24.7 Å². The SMILES string of the molecule is COC(=O)C#CC1=CCC(CN(C(=O)c2ccc(C)cc2)C2CCN(CCCC(C)C)CC2)=CC=C1. The standard InChI is InChI=1S/C31H40N2O3/c1-24(2)7-6-20-32-21-18-29(19-22-32)33(31(35)28-15-10-25(3)11-16-28)23-27-9-5-8-26(12-13-27)14-17-30(34)36-4/h5,8-12,15-16,24,29H,6-7,13,18-23H2,1-4H3. The van der Waals surface area contributed by atoms with Crippen molar-refractivity contribution in [3.63, 3.8) is 0 Å². The van der Waals surface area contributed by atoms with Gasteiger partial charge in [-0.25, -0.2) is 4.79 Å². The molecule has 1 fully saturated rings. The van der Waals surface area contributed by atoms with E-state index in [1.54, 1.807) is 0 Å². The average Bonchev–Trinajstić information content (AvgIpc) is 3.11. The fraction of sp³-hybridized carbons (Fsp3) is 0.484. The van der Waals surface area contributed by atoms with Crippen molar-refractivity contribution in [1.29, 1.82) is 0 Å². The van der Waals surface area contributed by atoms with Crippen LogP contribution < -0.4 is 0 Å². The summed E-state index contributed by atoms with van der Waals surface area (Å²) in [6.07, 6.45) is 13.1. The first-order chi connectivity index (χ1) is 17.4. The number of amides is 1. The van der Waals surface area contributed by atoms with Gasteiger partial charge in [0.25, 0.3) is 5.91 Å². The van der Waals surface area contributed by atoms with Gasteiger partial charge in [0.1, 0.15) is 0 Å². The number of aryl methyl sites for hydroxylation is 1. The maximum absolute atomic E-state index is 13.7. The van der Waals surface area contributed by atoms with Gasteiger partial charge in [0.05, 0.1) is 7.11 Å². The highest BCUT2D eigenvalue weighted by molar-refractivity contribution is 5.94. The molecule has 1 aromatic carbocycles. The summed E-state index contributed by atoms with van der Waals surface area (Å²) in [7, 11) is 1.32. The lowest BCUT2D eigenvalue weighted by Gasteiger charge is -2.39. The van der Waals surface area contributed by atoms with Crippen molar-refractivity contribution in [2.24, 2.45) is 5.92 Å². The molecule has 1 aliphatic heterocycles. The maximum atomic E-state index is 13.7. The molecule has 1 amide bonds. The number of hydrogen-bond donors (Lipinski definition) is 0. The van der Waals surface area contributed by atoms with Crippen molar-refractivity contribution in [1.82, 2.24) is 9.80 Å². The van der Waals surface area contributed by atoms with Crippen molar-refractivity contribution in [3.05, 3.63) is 70.8 Å². The van der Waals surface area contributed by atoms with E-state index in [1.165, 1.54) is 20.0 Å². The van der Waals surface area contributed by atoms with E-state index in [0.29, 0.717) is 13.0 Å². The minimum atomic E-state index is -0.549. The van der Waals surface area contributed by atoms with E-state index in [2.05, 4.69) is 46.3 Å². The second-order valence-corrected chi connectivity index (χ2v) is 10.2. The van der Waals surface area contributed by atoms with Crippen LogP contribution in [0.5, 0.6) is 0 Å². The Morgan fingerprint density at radius 2 is 1.89 bits per heavy atom. The molecule has 0 radical (unpaired) electrons. The molecule has 1 saturated heterocycles. The number of piperidine rings is 1. The monoisotopic (exact) mass is 488 g/mol. The highest BCUT2D eigenvalue weighted by Gasteiger charge is 2.29. The number of hydrogen-bond acceptors (Lipinski definition) is 4. The largest absolute Gasteiger partial charge is 0.459 e. The third kappa shape index (κ3) is 8.53. The minimum absolute atomic E-state index is 0.0945. The molecule has 2 aliphatic rings. The average molecular weight is 489 g/mol. The second-order valence-electron chi connectivity index (χ2n) is 10.2. The molecule has 5 nitrogen and oxygen atoms in total. The van der Waals surface area contributed by atoms with Gasteiger partial charge in [0.2, 0.25) is 0 Å². The van der Waals surface area contributed by atoms with Crippen LogP contribution in [0.1, 0.15) is 61.9 Å². The van der Waals surface area contributed by atoms with Gasteiger partial charge < -0.3 is 14.5 Å². The summed E-state index contributed by atoms with van der Waals surface area (Å²) in [6.45, 7) is 10.4. The van der Waals surface area contributed by atoms with Gasteiger partial charge in [-0.15, -0.1) is 0 Å². The zero-order chi connectivity index (χ0) is 25.9. The Labute approximate surface area is 216 Å². The number of methoxy groups -OCH3 is 1. The fourth-order valence-electron chi connectivity index (χ4n) is 4.67. The van der Waals surface area contributed by atoms with Gasteiger partial charge in [-0.1, -0.05) is 55.7 Å². The third-order valence-corrected chi connectivity index (χ3v) is 6.87. The Morgan fingerprint density at radius 3 is 2.56 bits per heavy atom. The molecule has 0 aromatic heterocycles. The quantitative estimate of drug-likeness (QED) is 0.282. The molecule has 1 aliphatic carbocycles. The zero-order valence-electron chi connectivity index (χ0n) is 22.3. The summed E-state index contributed by atoms with van der Waals surface area (Å²) < 4.78 is 4.60. The maximum Gasteiger partial charge on any atom is 0.384 e. The lowest BCUT2D eigenvalue weighted by molar-refractivity contribution is -0.133. The first kappa shape index (κ1) is 27.5. The molecule has 0 unspecified atom stereocenters. The molecule has 0 N–H and O–H groups in total. The lowest BCUT2D eigenvalue weighted by atomic mass is 9.99. The summed E-state index contributed by atoms with van der Waals surface area (Å²) in [5.74, 6) is 5.63. The van der Waals surface area contributed by atoms with E-state index in [9.17, 15) is 9.59 Å². The number of ether oxygens (including phenoxy) is 1. The predicted molar refractivity (Wildman–Crippen MR) is 145 cm³/mol. The van der Waals surface area contributed by atoms with Crippen LogP contribution in [-0.4, -0.2) is 61.0 Å². The molecule has 3 rings (SSSR count). The van der Waals surface area contributed by atoms with Crippen LogP contribution in [0.3, 0.4) is 0 Å². The summed E-state index contributed by atoms with van der Waals surface area (Å²) in [6, 6.07) is 8.11. The number of carbonyl (C=O) groups excluding carboxylic acids is 2. The van der Waals surface area contributed by atoms with Crippen molar-refractivity contribution >= 4 is 11.9 Å². The van der Waals surface area contributed by atoms with Crippen LogP contribution >= 0.6 is 0 Å². The zero-order valence-corrected chi connectivity index (χ0v) is 22.3. The lowest BCUT2D eigenvalue weighted by Crippen LogP contribution is -2.48. The van der Waals surface area contributed by atoms with E-state index in [-0.39, 0.29) is 11.9 Å². The van der Waals surface area contributed by atoms with Gasteiger partial charge >= 0.3 is 5.97 Å². The van der Waals surface area contributed by atoms with Crippen LogP contribution in [0.2, 0.25) is 0 Å². The number of nitrogens with zero attached hydrogens (tertiary/aromatic N) is 2. The number of carbonyl (C=O) groups is 2. The van der Waals surface area contributed by atoms with Crippen LogP contribution in [-0.2, 0) is 9.53 Å². The van der Waals surface area contributed by atoms with Gasteiger partial charge in [0.15, 0.2) is 0 Å². The molecule has 36 heavy (non-hydrogen) atoms. The fourth-order valence-corrected chi connectivity index (χ4v) is 4.67. The van der Waals surface area contributed by atoms with Crippen molar-refractivity contribution < 1.29 is 14.3 Å². The van der Waals surface area contributed by atoms with Crippen LogP contribution in [0.25, 0.3) is 0 Å². The topological polar surface area (TPSA) is 49.9 Å². The summed E-state index contributed by atoms with van der Waals surface area (Å²) in [4.78, 5) is 29.7. The van der Waals surface area contributed by atoms with Gasteiger partial charge in [-0.05, 0) is 75.3 Å². The van der Waals surface area contributed by atoms with Crippen LogP contribution in [0.4, 0.5) is 0 Å². The molecule has 5 heteroatoms. The Morgan fingerprint density at radius 1 is 1.17 bits per heavy atom. The molecular formula is C31H40N2O3. The van der Waals surface area contributed by atoms with E-state index < -0.39 is 5.97 Å². The van der Waals surface area contributed by atoms with Crippen molar-refractivity contribution in [2.75, 3.05) is 33.3 Å². The predicted octanol–water partition coefficient (Wildman–Crippen LogP) is 5.33. The molecular weight excluding hydrogens is 448 g/mol. The highest BCUT2D eigenvalue weighted by atomic mass is 16.5. The summed E-state index contributed by atoms with van der Waals surface area (Å²) in [5, 5.41) is 0. The molecule has 1 aromatic rings. The Kier molecular flexibility index (Phi) is 10.6. The number of likely N-dealkylation sites (tertiary alicyclic amines) is 1. The smallest absolute Gasteiger partial charge is 0.384 e. The number of rotatable bonds is 8. The molecule has 192 valence electrons. The van der Waals surface area contributed by atoms with Crippen LogP contribution in [0.15, 0.2) is 59.7 Å². The third-order valence-electron chi connectivity index (χ3n) is 6.87. The molecule has 0 bridgehead atoms. The highest BCUT2D eigenvalue weighted by Crippen LogP contribution is 2.23. The Hall–Kier alpha value is -3.10. The van der Waals surface area contributed by atoms with Gasteiger partial charge in [0, 0.05) is 42.7 Å². The molecule has 0 atom stereocenters.